The van der Waals surface area contributed by atoms with Crippen LogP contribution >= 0.6 is 11.3 Å². The summed E-state index contributed by atoms with van der Waals surface area (Å²) in [4.78, 5) is 12.3. The van der Waals surface area contributed by atoms with E-state index in [0.29, 0.717) is 5.78 Å². The van der Waals surface area contributed by atoms with Crippen LogP contribution in [0.25, 0.3) is 0 Å². The third-order valence-corrected chi connectivity index (χ3v) is 3.95. The fraction of sp³-hybridized carbons (Fsp3) is 0.214. The maximum Gasteiger partial charge on any atom is 0.170 e. The predicted molar refractivity (Wildman–Crippen MR) is 66.2 cm³/mol. The molecular formula is C14H12OS. The van der Waals surface area contributed by atoms with E-state index in [0.717, 1.165) is 18.4 Å². The number of hydrogen-bond acceptors (Lipinski definition) is 2. The normalized spacial score (nSPS) is 19.5. The minimum atomic E-state index is 0.0844. The number of rotatable bonds is 1. The number of hydrogen-bond donors (Lipinski definition) is 0. The summed E-state index contributed by atoms with van der Waals surface area (Å²) in [5, 5.41) is 4.14. The van der Waals surface area contributed by atoms with Crippen molar-refractivity contribution in [1.29, 1.82) is 0 Å². The van der Waals surface area contributed by atoms with Crippen LogP contribution in [0.2, 0.25) is 0 Å². The van der Waals surface area contributed by atoms with Gasteiger partial charge in [0.1, 0.15) is 0 Å². The van der Waals surface area contributed by atoms with Crippen molar-refractivity contribution in [2.45, 2.75) is 18.8 Å². The average Bonchev–Trinajstić information content (AvgIpc) is 2.83. The number of aryl methyl sites for hydroxylation is 1. The molecule has 2 heteroatoms. The third-order valence-electron chi connectivity index (χ3n) is 3.25. The molecule has 3 rings (SSSR count). The van der Waals surface area contributed by atoms with Crippen molar-refractivity contribution in [2.75, 3.05) is 0 Å². The van der Waals surface area contributed by atoms with E-state index in [9.17, 15) is 4.79 Å². The summed E-state index contributed by atoms with van der Waals surface area (Å²) in [5.41, 5.74) is 3.31. The van der Waals surface area contributed by atoms with E-state index < -0.39 is 0 Å². The molecule has 0 bridgehead atoms. The molecule has 1 aliphatic rings. The second kappa shape index (κ2) is 3.87. The van der Waals surface area contributed by atoms with Gasteiger partial charge in [0, 0.05) is 11.5 Å². The van der Waals surface area contributed by atoms with Crippen molar-refractivity contribution >= 4 is 17.1 Å². The van der Waals surface area contributed by atoms with E-state index in [1.165, 1.54) is 11.1 Å². The van der Waals surface area contributed by atoms with Gasteiger partial charge in [-0.2, -0.15) is 11.3 Å². The highest BCUT2D eigenvalue weighted by Gasteiger charge is 2.28. The molecule has 0 saturated carbocycles. The summed E-state index contributed by atoms with van der Waals surface area (Å²) in [6, 6.07) is 10.1. The first kappa shape index (κ1) is 9.79. The summed E-state index contributed by atoms with van der Waals surface area (Å²) in [6.07, 6.45) is 1.97. The van der Waals surface area contributed by atoms with Crippen LogP contribution in [0.15, 0.2) is 41.1 Å². The van der Waals surface area contributed by atoms with Crippen molar-refractivity contribution in [3.63, 3.8) is 0 Å². The molecule has 1 aliphatic carbocycles. The molecule has 0 saturated heterocycles. The first-order chi connectivity index (χ1) is 7.86. The summed E-state index contributed by atoms with van der Waals surface area (Å²) < 4.78 is 0. The van der Waals surface area contributed by atoms with Crippen LogP contribution in [-0.4, -0.2) is 5.78 Å². The Bertz CT molecular complexity index is 513. The molecule has 0 fully saturated rings. The standard InChI is InChI=1S/C14H12OS/c15-14-12-4-2-1-3-10(12)5-6-13(14)11-7-8-16-9-11/h1-4,7-9,13H,5-6H2. The zero-order chi connectivity index (χ0) is 11.0. The minimum Gasteiger partial charge on any atom is -0.293 e. The monoisotopic (exact) mass is 228 g/mol. The summed E-state index contributed by atoms with van der Waals surface area (Å²) in [6.45, 7) is 0. The summed E-state index contributed by atoms with van der Waals surface area (Å²) >= 11 is 1.66. The molecule has 1 atom stereocenters. The quantitative estimate of drug-likeness (QED) is 0.728. The van der Waals surface area contributed by atoms with E-state index >= 15 is 0 Å². The van der Waals surface area contributed by atoms with E-state index in [2.05, 4.69) is 17.5 Å². The molecule has 0 amide bonds. The Morgan fingerprint density at radius 2 is 2.06 bits per heavy atom. The van der Waals surface area contributed by atoms with Crippen molar-refractivity contribution in [1.82, 2.24) is 0 Å². The fourth-order valence-electron chi connectivity index (χ4n) is 2.39. The van der Waals surface area contributed by atoms with Crippen LogP contribution in [0, 0.1) is 0 Å². The van der Waals surface area contributed by atoms with Gasteiger partial charge in [-0.3, -0.25) is 4.79 Å². The highest BCUT2D eigenvalue weighted by molar-refractivity contribution is 7.08. The highest BCUT2D eigenvalue weighted by atomic mass is 32.1. The molecule has 1 aromatic heterocycles. The molecule has 0 N–H and O–H groups in total. The van der Waals surface area contributed by atoms with Crippen LogP contribution in [0.5, 0.6) is 0 Å². The van der Waals surface area contributed by atoms with Gasteiger partial charge in [-0.25, -0.2) is 0 Å². The number of thiophene rings is 1. The minimum absolute atomic E-state index is 0.0844. The number of Topliss-reactive ketones (excluding diaryl/α,β-unsaturated/α-hetero) is 1. The van der Waals surface area contributed by atoms with Gasteiger partial charge in [-0.15, -0.1) is 0 Å². The summed E-state index contributed by atoms with van der Waals surface area (Å²) in [5.74, 6) is 0.376. The second-order valence-electron chi connectivity index (χ2n) is 4.17. The van der Waals surface area contributed by atoms with Gasteiger partial charge in [0.15, 0.2) is 5.78 Å². The van der Waals surface area contributed by atoms with E-state index in [1.807, 2.05) is 23.6 Å². The number of carbonyl (C=O) groups excluding carboxylic acids is 1. The van der Waals surface area contributed by atoms with Crippen LogP contribution in [0.3, 0.4) is 0 Å². The van der Waals surface area contributed by atoms with Crippen LogP contribution < -0.4 is 0 Å². The molecule has 1 nitrogen and oxygen atoms in total. The lowest BCUT2D eigenvalue weighted by molar-refractivity contribution is 0.0946. The van der Waals surface area contributed by atoms with Crippen molar-refractivity contribution < 1.29 is 4.79 Å². The Hall–Kier alpha value is -1.41. The molecule has 1 aromatic carbocycles. The number of fused-ring (bicyclic) bond motifs is 1. The first-order valence-corrected chi connectivity index (χ1v) is 6.45. The smallest absolute Gasteiger partial charge is 0.170 e. The lowest BCUT2D eigenvalue weighted by atomic mass is 9.80. The Balaban J connectivity index is 2.01. The van der Waals surface area contributed by atoms with Gasteiger partial charge in [0.05, 0.1) is 0 Å². The maximum atomic E-state index is 12.3. The van der Waals surface area contributed by atoms with Gasteiger partial charge in [0.2, 0.25) is 0 Å². The van der Waals surface area contributed by atoms with Crippen molar-refractivity contribution in [3.8, 4) is 0 Å². The van der Waals surface area contributed by atoms with Gasteiger partial charge in [-0.1, -0.05) is 24.3 Å². The van der Waals surface area contributed by atoms with Crippen molar-refractivity contribution in [2.24, 2.45) is 0 Å². The van der Waals surface area contributed by atoms with Crippen LogP contribution in [-0.2, 0) is 6.42 Å². The summed E-state index contributed by atoms with van der Waals surface area (Å²) in [7, 11) is 0. The topological polar surface area (TPSA) is 17.1 Å². The Morgan fingerprint density at radius 1 is 1.19 bits per heavy atom. The van der Waals surface area contributed by atoms with E-state index in [-0.39, 0.29) is 5.92 Å². The molecule has 80 valence electrons. The second-order valence-corrected chi connectivity index (χ2v) is 4.95. The van der Waals surface area contributed by atoms with Gasteiger partial charge in [-0.05, 0) is 40.8 Å². The van der Waals surface area contributed by atoms with Crippen LogP contribution in [0.1, 0.15) is 33.8 Å². The predicted octanol–water partition coefficient (Wildman–Crippen LogP) is 3.66. The molecule has 2 aromatic rings. The number of carbonyl (C=O) groups is 1. The molecular weight excluding hydrogens is 216 g/mol. The lowest BCUT2D eigenvalue weighted by Gasteiger charge is -2.22. The lowest BCUT2D eigenvalue weighted by Crippen LogP contribution is -2.20. The molecule has 0 aliphatic heterocycles. The zero-order valence-electron chi connectivity index (χ0n) is 8.85. The SMILES string of the molecule is O=C1c2ccccc2CCC1c1ccsc1. The van der Waals surface area contributed by atoms with Crippen LogP contribution in [0.4, 0.5) is 0 Å². The largest absolute Gasteiger partial charge is 0.293 e. The molecule has 1 heterocycles. The molecule has 0 spiro atoms. The van der Waals surface area contributed by atoms with Gasteiger partial charge in [0.25, 0.3) is 0 Å². The Morgan fingerprint density at radius 3 is 2.88 bits per heavy atom. The van der Waals surface area contributed by atoms with Crippen molar-refractivity contribution in [3.05, 3.63) is 57.8 Å². The van der Waals surface area contributed by atoms with E-state index in [4.69, 9.17) is 0 Å². The number of benzene rings is 1. The molecule has 0 radical (unpaired) electrons. The van der Waals surface area contributed by atoms with E-state index in [1.54, 1.807) is 11.3 Å². The first-order valence-electron chi connectivity index (χ1n) is 5.50. The van der Waals surface area contributed by atoms with Gasteiger partial charge < -0.3 is 0 Å². The molecule has 16 heavy (non-hydrogen) atoms. The fourth-order valence-corrected chi connectivity index (χ4v) is 3.10. The molecule has 1 unspecified atom stereocenters. The third kappa shape index (κ3) is 1.50. The van der Waals surface area contributed by atoms with Gasteiger partial charge >= 0.3 is 0 Å². The zero-order valence-corrected chi connectivity index (χ0v) is 9.67. The average molecular weight is 228 g/mol. The number of ketones is 1. The highest BCUT2D eigenvalue weighted by Crippen LogP contribution is 2.33. The Kier molecular flexibility index (Phi) is 2.37. The Labute approximate surface area is 98.7 Å². The maximum absolute atomic E-state index is 12.3.